The van der Waals surface area contributed by atoms with E-state index in [1.165, 1.54) is 31.2 Å². The van der Waals surface area contributed by atoms with Crippen LogP contribution in [0.2, 0.25) is 0 Å². The lowest BCUT2D eigenvalue weighted by Gasteiger charge is -2.13. The second kappa shape index (κ2) is 6.90. The molecule has 4 aromatic rings. The molecular formula is C24H24N6. The van der Waals surface area contributed by atoms with Crippen molar-refractivity contribution in [3.05, 3.63) is 71.4 Å². The molecule has 1 fully saturated rings. The SMILES string of the molecule is Cc1[nH]nnc1-c1ccnc(-c2cn(C[C@@H]3CCc4cc(C5CC5)ccc43)cn2)c1. The number of nitrogens with zero attached hydrogens (tertiary/aromatic N) is 5. The number of hydrogen-bond donors (Lipinski definition) is 1. The predicted octanol–water partition coefficient (Wildman–Crippen LogP) is 4.65. The number of rotatable bonds is 5. The Morgan fingerprint density at radius 3 is 2.83 bits per heavy atom. The summed E-state index contributed by atoms with van der Waals surface area (Å²) in [5.41, 5.74) is 9.17. The molecule has 0 saturated heterocycles. The zero-order valence-corrected chi connectivity index (χ0v) is 17.0. The number of nitrogens with one attached hydrogen (secondary N) is 1. The quantitative estimate of drug-likeness (QED) is 0.533. The van der Waals surface area contributed by atoms with Gasteiger partial charge in [0, 0.05) is 30.4 Å². The van der Waals surface area contributed by atoms with E-state index < -0.39 is 0 Å². The van der Waals surface area contributed by atoms with Crippen LogP contribution < -0.4 is 0 Å². The number of fused-ring (bicyclic) bond motifs is 1. The first-order chi connectivity index (χ1) is 14.7. The Balaban J connectivity index is 1.22. The van der Waals surface area contributed by atoms with Crippen molar-refractivity contribution in [2.45, 2.75) is 51.0 Å². The second-order valence-corrected chi connectivity index (χ2v) is 8.64. The Kier molecular flexibility index (Phi) is 4.04. The molecule has 2 aliphatic carbocycles. The van der Waals surface area contributed by atoms with Crippen molar-refractivity contribution in [3.8, 4) is 22.6 Å². The van der Waals surface area contributed by atoms with E-state index >= 15 is 0 Å². The number of aromatic nitrogens is 6. The Bertz CT molecular complexity index is 1220. The fraction of sp³-hybridized carbons (Fsp3) is 0.333. The third-order valence-electron chi connectivity index (χ3n) is 6.50. The highest BCUT2D eigenvalue weighted by Gasteiger charge is 2.27. The van der Waals surface area contributed by atoms with Gasteiger partial charge in [-0.2, -0.15) is 0 Å². The predicted molar refractivity (Wildman–Crippen MR) is 115 cm³/mol. The molecule has 0 spiro atoms. The Morgan fingerprint density at radius 1 is 1.07 bits per heavy atom. The van der Waals surface area contributed by atoms with Crippen LogP contribution in [0.15, 0.2) is 49.1 Å². The van der Waals surface area contributed by atoms with Gasteiger partial charge in [0.1, 0.15) is 11.4 Å². The number of benzene rings is 1. The molecular weight excluding hydrogens is 372 g/mol. The average molecular weight is 396 g/mol. The molecule has 0 radical (unpaired) electrons. The number of H-pyrrole nitrogens is 1. The summed E-state index contributed by atoms with van der Waals surface area (Å²) in [6, 6.07) is 11.2. The lowest BCUT2D eigenvalue weighted by molar-refractivity contribution is 0.555. The normalized spacial score (nSPS) is 18.0. The minimum Gasteiger partial charge on any atom is -0.336 e. The van der Waals surface area contributed by atoms with Crippen molar-refractivity contribution in [1.29, 1.82) is 0 Å². The van der Waals surface area contributed by atoms with Gasteiger partial charge in [-0.3, -0.25) is 10.1 Å². The standard InChI is InChI=1S/C24H24N6/c1-15-24(28-29-27-15)19-8-9-25-22(11-19)23-13-30(14-26-23)12-20-5-4-18-10-17(16-2-3-16)6-7-21(18)20/h6-11,13-14,16,20H,2-5,12H2,1H3,(H,27,28,29)/t20-/m0/s1. The molecule has 2 aliphatic rings. The van der Waals surface area contributed by atoms with E-state index in [-0.39, 0.29) is 0 Å². The number of hydrogen-bond acceptors (Lipinski definition) is 4. The third-order valence-corrected chi connectivity index (χ3v) is 6.50. The van der Waals surface area contributed by atoms with Crippen LogP contribution in [0.4, 0.5) is 0 Å². The van der Waals surface area contributed by atoms with E-state index in [0.29, 0.717) is 5.92 Å². The van der Waals surface area contributed by atoms with E-state index in [1.807, 2.05) is 31.6 Å². The molecule has 1 saturated carbocycles. The lowest BCUT2D eigenvalue weighted by Crippen LogP contribution is -2.04. The largest absolute Gasteiger partial charge is 0.336 e. The van der Waals surface area contributed by atoms with E-state index in [2.05, 4.69) is 54.3 Å². The van der Waals surface area contributed by atoms with Gasteiger partial charge in [-0.1, -0.05) is 23.4 Å². The fourth-order valence-corrected chi connectivity index (χ4v) is 4.70. The summed E-state index contributed by atoms with van der Waals surface area (Å²) in [5.74, 6) is 1.39. The number of aromatic amines is 1. The van der Waals surface area contributed by atoms with Gasteiger partial charge in [0.25, 0.3) is 0 Å². The van der Waals surface area contributed by atoms with Crippen molar-refractivity contribution in [2.75, 3.05) is 0 Å². The summed E-state index contributed by atoms with van der Waals surface area (Å²) in [5, 5.41) is 11.0. The molecule has 0 amide bonds. The Labute approximate surface area is 175 Å². The Morgan fingerprint density at radius 2 is 2.00 bits per heavy atom. The minimum atomic E-state index is 0.562. The van der Waals surface area contributed by atoms with Crippen LogP contribution in [-0.2, 0) is 13.0 Å². The highest BCUT2D eigenvalue weighted by atomic mass is 15.3. The number of imidazole rings is 1. The van der Waals surface area contributed by atoms with E-state index in [9.17, 15) is 0 Å². The van der Waals surface area contributed by atoms with Gasteiger partial charge < -0.3 is 4.57 Å². The molecule has 6 nitrogen and oxygen atoms in total. The van der Waals surface area contributed by atoms with Crippen molar-refractivity contribution in [1.82, 2.24) is 29.9 Å². The summed E-state index contributed by atoms with van der Waals surface area (Å²) >= 11 is 0. The van der Waals surface area contributed by atoms with Crippen molar-refractivity contribution in [2.24, 2.45) is 0 Å². The van der Waals surface area contributed by atoms with Crippen LogP contribution in [0, 0.1) is 6.92 Å². The fourth-order valence-electron chi connectivity index (χ4n) is 4.70. The first kappa shape index (κ1) is 17.6. The molecule has 1 aromatic carbocycles. The summed E-state index contributed by atoms with van der Waals surface area (Å²) in [6.45, 7) is 2.93. The van der Waals surface area contributed by atoms with Crippen LogP contribution in [0.1, 0.15) is 53.5 Å². The first-order valence-electron chi connectivity index (χ1n) is 10.7. The summed E-state index contributed by atoms with van der Waals surface area (Å²) < 4.78 is 2.21. The maximum atomic E-state index is 4.63. The third kappa shape index (κ3) is 3.12. The van der Waals surface area contributed by atoms with Gasteiger partial charge in [0.05, 0.1) is 17.7 Å². The van der Waals surface area contributed by atoms with Gasteiger partial charge in [0.2, 0.25) is 0 Å². The zero-order valence-electron chi connectivity index (χ0n) is 17.0. The molecule has 6 heteroatoms. The van der Waals surface area contributed by atoms with Gasteiger partial charge in [-0.25, -0.2) is 4.98 Å². The van der Waals surface area contributed by atoms with Crippen LogP contribution in [-0.4, -0.2) is 29.9 Å². The molecule has 0 unspecified atom stereocenters. The molecule has 1 atom stereocenters. The average Bonchev–Trinajstić information content (AvgIpc) is 3.16. The summed E-state index contributed by atoms with van der Waals surface area (Å²) in [4.78, 5) is 9.16. The Hall–Kier alpha value is -3.28. The summed E-state index contributed by atoms with van der Waals surface area (Å²) in [6.07, 6.45) is 11.0. The number of pyridine rings is 1. The molecule has 3 heterocycles. The molecule has 3 aromatic heterocycles. The highest BCUT2D eigenvalue weighted by Crippen LogP contribution is 2.43. The highest BCUT2D eigenvalue weighted by molar-refractivity contribution is 5.67. The maximum Gasteiger partial charge on any atom is 0.115 e. The van der Waals surface area contributed by atoms with Gasteiger partial charge in [-0.05, 0) is 67.3 Å². The first-order valence-corrected chi connectivity index (χ1v) is 10.7. The van der Waals surface area contributed by atoms with E-state index in [1.54, 1.807) is 11.1 Å². The van der Waals surface area contributed by atoms with E-state index in [0.717, 1.165) is 40.8 Å². The van der Waals surface area contributed by atoms with Crippen LogP contribution in [0.25, 0.3) is 22.6 Å². The zero-order chi connectivity index (χ0) is 20.1. The van der Waals surface area contributed by atoms with Gasteiger partial charge in [-0.15, -0.1) is 5.10 Å². The number of aryl methyl sites for hydroxylation is 2. The second-order valence-electron chi connectivity index (χ2n) is 8.64. The van der Waals surface area contributed by atoms with Crippen molar-refractivity contribution in [3.63, 3.8) is 0 Å². The van der Waals surface area contributed by atoms with Crippen LogP contribution in [0.5, 0.6) is 0 Å². The minimum absolute atomic E-state index is 0.562. The summed E-state index contributed by atoms with van der Waals surface area (Å²) in [7, 11) is 0. The molecule has 0 aliphatic heterocycles. The smallest absolute Gasteiger partial charge is 0.115 e. The molecule has 1 N–H and O–H groups in total. The molecule has 150 valence electrons. The lowest BCUT2D eigenvalue weighted by atomic mass is 9.98. The van der Waals surface area contributed by atoms with Gasteiger partial charge in [0.15, 0.2) is 0 Å². The monoisotopic (exact) mass is 396 g/mol. The van der Waals surface area contributed by atoms with Gasteiger partial charge >= 0.3 is 0 Å². The molecule has 6 rings (SSSR count). The van der Waals surface area contributed by atoms with E-state index in [4.69, 9.17) is 0 Å². The molecule has 0 bridgehead atoms. The molecule has 30 heavy (non-hydrogen) atoms. The van der Waals surface area contributed by atoms with Crippen molar-refractivity contribution >= 4 is 0 Å². The van der Waals surface area contributed by atoms with Crippen molar-refractivity contribution < 1.29 is 0 Å². The maximum absolute atomic E-state index is 4.63. The van der Waals surface area contributed by atoms with Crippen LogP contribution >= 0.6 is 0 Å². The van der Waals surface area contributed by atoms with Crippen LogP contribution in [0.3, 0.4) is 0 Å². The topological polar surface area (TPSA) is 72.3 Å².